The second-order valence-corrected chi connectivity index (χ2v) is 8.35. The van der Waals surface area contributed by atoms with Gasteiger partial charge < -0.3 is 5.32 Å². The molecule has 0 aliphatic heterocycles. The van der Waals surface area contributed by atoms with Crippen LogP contribution in [-0.4, -0.2) is 11.9 Å². The molecular weight excluding hydrogens is 497 g/mol. The summed E-state index contributed by atoms with van der Waals surface area (Å²) in [5.41, 5.74) is 6.19. The van der Waals surface area contributed by atoms with Crippen molar-refractivity contribution >= 4 is 58.1 Å². The van der Waals surface area contributed by atoms with Crippen LogP contribution in [0.25, 0.3) is 5.70 Å². The predicted octanol–water partition coefficient (Wildman–Crippen LogP) is 7.08. The highest BCUT2D eigenvalue weighted by atomic mass is 35.5. The van der Waals surface area contributed by atoms with Crippen molar-refractivity contribution in [3.05, 3.63) is 105 Å². The summed E-state index contributed by atoms with van der Waals surface area (Å²) < 4.78 is 0. The lowest BCUT2D eigenvalue weighted by atomic mass is 10.1. The molecule has 3 amide bonds. The summed E-state index contributed by atoms with van der Waals surface area (Å²) in [4.78, 5) is 30.0. The molecule has 0 aromatic heterocycles. The molecule has 0 heterocycles. The summed E-state index contributed by atoms with van der Waals surface area (Å²) in [6.45, 7) is 2.29. The average Bonchev–Trinajstić information content (AvgIpc) is 2.81. The molecule has 0 aliphatic rings. The molecule has 0 unspecified atom stereocenters. The zero-order valence-electron chi connectivity index (χ0n) is 18.2. The van der Waals surface area contributed by atoms with Crippen LogP contribution in [0.15, 0.2) is 72.8 Å². The third-order valence-electron chi connectivity index (χ3n) is 4.62. The lowest BCUT2D eigenvalue weighted by molar-refractivity contribution is 0.0645. The zero-order chi connectivity index (χ0) is 24.5. The van der Waals surface area contributed by atoms with E-state index in [1.165, 1.54) is 6.07 Å². The molecule has 0 atom stereocenters. The fourth-order valence-corrected chi connectivity index (χ4v) is 3.47. The molecule has 0 bridgehead atoms. The van der Waals surface area contributed by atoms with Gasteiger partial charge in [0, 0.05) is 11.3 Å². The molecular formula is C25H22Cl3N3O3. The number of benzene rings is 3. The number of hydrogen-bond acceptors (Lipinski definition) is 4. The number of nitrogens with one attached hydrogen (secondary N) is 3. The van der Waals surface area contributed by atoms with Crippen molar-refractivity contribution in [1.82, 2.24) is 10.8 Å². The van der Waals surface area contributed by atoms with Crippen LogP contribution in [0.3, 0.4) is 0 Å². The predicted molar refractivity (Wildman–Crippen MR) is 137 cm³/mol. The summed E-state index contributed by atoms with van der Waals surface area (Å²) >= 11 is 18.1. The second kappa shape index (κ2) is 12.4. The van der Waals surface area contributed by atoms with E-state index in [1.807, 2.05) is 19.1 Å². The van der Waals surface area contributed by atoms with E-state index in [4.69, 9.17) is 39.6 Å². The highest BCUT2D eigenvalue weighted by Crippen LogP contribution is 2.25. The Bertz CT molecular complexity index is 1200. The van der Waals surface area contributed by atoms with Crippen molar-refractivity contribution in [3.8, 4) is 0 Å². The monoisotopic (exact) mass is 517 g/mol. The van der Waals surface area contributed by atoms with Crippen LogP contribution in [0.1, 0.15) is 34.8 Å². The number of allylic oxidation sites excluding steroid dienone is 1. The summed E-state index contributed by atoms with van der Waals surface area (Å²) in [5, 5.41) is 6.07. The maximum atomic E-state index is 12.2. The minimum absolute atomic E-state index is 0.219. The normalized spacial score (nSPS) is 11.1. The fraction of sp³-hybridized carbons (Fsp3) is 0.120. The van der Waals surface area contributed by atoms with Crippen molar-refractivity contribution in [1.29, 1.82) is 0 Å². The van der Waals surface area contributed by atoms with Crippen molar-refractivity contribution < 1.29 is 14.4 Å². The second-order valence-electron chi connectivity index (χ2n) is 7.13. The van der Waals surface area contributed by atoms with Gasteiger partial charge in [-0.3, -0.25) is 20.4 Å². The van der Waals surface area contributed by atoms with Crippen LogP contribution in [0.2, 0.25) is 15.1 Å². The van der Waals surface area contributed by atoms with Gasteiger partial charge in [-0.15, -0.1) is 0 Å². The molecule has 3 aromatic rings. The van der Waals surface area contributed by atoms with Crippen molar-refractivity contribution in [2.75, 3.05) is 5.32 Å². The topological polar surface area (TPSA) is 79.5 Å². The number of hydrogen-bond donors (Lipinski definition) is 3. The Hall–Kier alpha value is -3.03. The SMILES string of the molecule is CCC=C(NOCc1ccc(NC(=O)NC(=O)c2ccccc2Cl)cc1)c1ccc(Cl)c(Cl)c1. The average molecular weight is 519 g/mol. The van der Waals surface area contributed by atoms with E-state index in [0.717, 1.165) is 23.2 Å². The Balaban J connectivity index is 1.51. The van der Waals surface area contributed by atoms with Crippen LogP contribution in [0, 0.1) is 0 Å². The van der Waals surface area contributed by atoms with Gasteiger partial charge in [0.2, 0.25) is 0 Å². The van der Waals surface area contributed by atoms with Gasteiger partial charge in [0.25, 0.3) is 5.91 Å². The minimum atomic E-state index is -0.661. The van der Waals surface area contributed by atoms with Gasteiger partial charge >= 0.3 is 6.03 Å². The van der Waals surface area contributed by atoms with Crippen LogP contribution >= 0.6 is 34.8 Å². The van der Waals surface area contributed by atoms with Gasteiger partial charge in [0.05, 0.1) is 32.9 Å². The quantitative estimate of drug-likeness (QED) is 0.278. The van der Waals surface area contributed by atoms with Gasteiger partial charge in [-0.05, 0) is 48.4 Å². The van der Waals surface area contributed by atoms with Gasteiger partial charge in [0.15, 0.2) is 0 Å². The molecule has 0 aliphatic carbocycles. The maximum Gasteiger partial charge on any atom is 0.326 e. The Kier molecular flexibility index (Phi) is 9.36. The summed E-state index contributed by atoms with van der Waals surface area (Å²) in [7, 11) is 0. The van der Waals surface area contributed by atoms with E-state index < -0.39 is 11.9 Å². The van der Waals surface area contributed by atoms with Crippen molar-refractivity contribution in [2.24, 2.45) is 0 Å². The summed E-state index contributed by atoms with van der Waals surface area (Å²) in [6.07, 6.45) is 2.78. The number of halogens is 3. The molecule has 34 heavy (non-hydrogen) atoms. The summed E-state index contributed by atoms with van der Waals surface area (Å²) in [6, 6.07) is 18.2. The summed E-state index contributed by atoms with van der Waals surface area (Å²) in [5.74, 6) is -0.586. The number of anilines is 1. The van der Waals surface area contributed by atoms with E-state index >= 15 is 0 Å². The lowest BCUT2D eigenvalue weighted by Gasteiger charge is -2.13. The Morgan fingerprint density at radius 3 is 2.32 bits per heavy atom. The highest BCUT2D eigenvalue weighted by Gasteiger charge is 2.13. The molecule has 3 aromatic carbocycles. The number of hydroxylamine groups is 1. The van der Waals surface area contributed by atoms with E-state index in [2.05, 4.69) is 16.1 Å². The maximum absolute atomic E-state index is 12.2. The molecule has 6 nitrogen and oxygen atoms in total. The number of rotatable bonds is 8. The molecule has 0 saturated carbocycles. The highest BCUT2D eigenvalue weighted by molar-refractivity contribution is 6.42. The van der Waals surface area contributed by atoms with E-state index in [-0.39, 0.29) is 17.2 Å². The number of carbonyl (C=O) groups is 2. The molecule has 3 N–H and O–H groups in total. The zero-order valence-corrected chi connectivity index (χ0v) is 20.5. The number of imide groups is 1. The van der Waals surface area contributed by atoms with Crippen LogP contribution in [0.5, 0.6) is 0 Å². The smallest absolute Gasteiger partial charge is 0.308 e. The third kappa shape index (κ3) is 7.23. The molecule has 0 fully saturated rings. The van der Waals surface area contributed by atoms with Gasteiger partial charge in [-0.2, -0.15) is 0 Å². The van der Waals surface area contributed by atoms with Crippen molar-refractivity contribution in [2.45, 2.75) is 20.0 Å². The van der Waals surface area contributed by atoms with E-state index in [9.17, 15) is 9.59 Å². The van der Waals surface area contributed by atoms with Crippen LogP contribution in [0.4, 0.5) is 10.5 Å². The van der Waals surface area contributed by atoms with Gasteiger partial charge in [-0.25, -0.2) is 4.79 Å². The molecule has 176 valence electrons. The Morgan fingerprint density at radius 2 is 1.65 bits per heavy atom. The molecule has 0 radical (unpaired) electrons. The number of amides is 3. The van der Waals surface area contributed by atoms with Gasteiger partial charge in [-0.1, -0.05) is 78.1 Å². The Morgan fingerprint density at radius 1 is 0.912 bits per heavy atom. The number of carbonyl (C=O) groups excluding carboxylic acids is 2. The van der Waals surface area contributed by atoms with Crippen LogP contribution in [-0.2, 0) is 11.4 Å². The molecule has 0 spiro atoms. The molecule has 3 rings (SSSR count). The van der Waals surface area contributed by atoms with Crippen LogP contribution < -0.4 is 16.1 Å². The standard InChI is InChI=1S/C25H22Cl3N3O3/c1-2-5-23(17-10-13-21(27)22(28)14-17)31-34-15-16-8-11-18(12-9-16)29-25(33)30-24(32)19-6-3-4-7-20(19)26/h3-14,31H,2,15H2,1H3,(H2,29,30,32,33). The largest absolute Gasteiger partial charge is 0.326 e. The third-order valence-corrected chi connectivity index (χ3v) is 5.69. The van der Waals surface area contributed by atoms with Crippen molar-refractivity contribution in [3.63, 3.8) is 0 Å². The molecule has 9 heteroatoms. The first-order valence-electron chi connectivity index (χ1n) is 10.4. The van der Waals surface area contributed by atoms with E-state index in [1.54, 1.807) is 54.6 Å². The first-order valence-corrected chi connectivity index (χ1v) is 11.5. The Labute approximate surface area is 212 Å². The minimum Gasteiger partial charge on any atom is -0.308 e. The lowest BCUT2D eigenvalue weighted by Crippen LogP contribution is -2.34. The molecule has 0 saturated heterocycles. The fourth-order valence-electron chi connectivity index (χ4n) is 2.95. The van der Waals surface area contributed by atoms with Gasteiger partial charge in [0.1, 0.15) is 0 Å². The first-order chi connectivity index (χ1) is 16.4. The first kappa shape index (κ1) is 25.6. The number of urea groups is 1. The van der Waals surface area contributed by atoms with E-state index in [0.29, 0.717) is 15.7 Å².